The summed E-state index contributed by atoms with van der Waals surface area (Å²) < 4.78 is 11.2. The van der Waals surface area contributed by atoms with Gasteiger partial charge >= 0.3 is 0 Å². The number of rotatable bonds is 7. The first-order chi connectivity index (χ1) is 11.2. The molecule has 2 heterocycles. The van der Waals surface area contributed by atoms with Crippen molar-refractivity contribution in [2.45, 2.75) is 43.9 Å². The van der Waals surface area contributed by atoms with E-state index in [1.807, 2.05) is 18.2 Å². The predicted octanol–water partition coefficient (Wildman–Crippen LogP) is 3.03. The predicted molar refractivity (Wildman–Crippen MR) is 90.8 cm³/mol. The molecule has 5 heteroatoms. The van der Waals surface area contributed by atoms with Gasteiger partial charge in [-0.25, -0.2) is 0 Å². The van der Waals surface area contributed by atoms with Gasteiger partial charge in [-0.3, -0.25) is 4.90 Å². The van der Waals surface area contributed by atoms with E-state index < -0.39 is 6.10 Å². The molecular weight excluding hydrogens is 314 g/mol. The van der Waals surface area contributed by atoms with Gasteiger partial charge in [-0.05, 0) is 43.9 Å². The number of hydrogen-bond acceptors (Lipinski definition) is 4. The van der Waals surface area contributed by atoms with E-state index in [1.165, 1.54) is 5.56 Å². The summed E-state index contributed by atoms with van der Waals surface area (Å²) >= 11 is 6.33. The molecule has 4 nitrogen and oxygen atoms in total. The maximum absolute atomic E-state index is 10.3. The Kier molecular flexibility index (Phi) is 6.31. The SMILES string of the molecule is O[C@H](COC[C@H]1CCCO1)CN1CCC[C@H]1c1ccccc1Cl. The lowest BCUT2D eigenvalue weighted by atomic mass is 10.0. The third kappa shape index (κ3) is 4.68. The lowest BCUT2D eigenvalue weighted by Gasteiger charge is -2.27. The molecule has 0 bridgehead atoms. The Morgan fingerprint density at radius 3 is 2.96 bits per heavy atom. The molecule has 2 fully saturated rings. The highest BCUT2D eigenvalue weighted by molar-refractivity contribution is 6.31. The molecular formula is C18H26ClNO3. The standard InChI is InChI=1S/C18H26ClNO3/c19-17-7-2-1-6-16(17)18-8-3-9-20(18)11-14(21)12-22-13-15-5-4-10-23-15/h1-2,6-7,14-15,18,21H,3-5,8-13H2/t14-,15+,18-/m0/s1. The van der Waals surface area contributed by atoms with E-state index in [9.17, 15) is 5.11 Å². The summed E-state index contributed by atoms with van der Waals surface area (Å²) in [6, 6.07) is 8.31. The molecule has 0 saturated carbocycles. The first-order valence-electron chi connectivity index (χ1n) is 8.60. The first kappa shape index (κ1) is 17.2. The summed E-state index contributed by atoms with van der Waals surface area (Å²) in [6.45, 7) is 3.42. The summed E-state index contributed by atoms with van der Waals surface area (Å²) in [4.78, 5) is 2.32. The van der Waals surface area contributed by atoms with Crippen LogP contribution in [0.25, 0.3) is 0 Å². The largest absolute Gasteiger partial charge is 0.389 e. The molecule has 0 aromatic heterocycles. The highest BCUT2D eigenvalue weighted by atomic mass is 35.5. The van der Waals surface area contributed by atoms with Crippen LogP contribution >= 0.6 is 11.6 Å². The van der Waals surface area contributed by atoms with Crippen LogP contribution < -0.4 is 0 Å². The molecule has 0 spiro atoms. The molecule has 1 aromatic carbocycles. The van der Waals surface area contributed by atoms with E-state index in [0.29, 0.717) is 25.8 Å². The summed E-state index contributed by atoms with van der Waals surface area (Å²) in [5.74, 6) is 0. The average Bonchev–Trinajstić information content (AvgIpc) is 3.20. The third-order valence-corrected chi connectivity index (χ3v) is 5.06. The van der Waals surface area contributed by atoms with Crippen molar-refractivity contribution in [3.8, 4) is 0 Å². The third-order valence-electron chi connectivity index (χ3n) is 4.71. The van der Waals surface area contributed by atoms with Crippen LogP contribution in [0.2, 0.25) is 5.02 Å². The van der Waals surface area contributed by atoms with Gasteiger partial charge in [0.25, 0.3) is 0 Å². The average molecular weight is 340 g/mol. The minimum Gasteiger partial charge on any atom is -0.389 e. The van der Waals surface area contributed by atoms with Crippen LogP contribution in [-0.2, 0) is 9.47 Å². The molecule has 0 aliphatic carbocycles. The summed E-state index contributed by atoms with van der Waals surface area (Å²) in [7, 11) is 0. The molecule has 23 heavy (non-hydrogen) atoms. The van der Waals surface area contributed by atoms with Gasteiger partial charge in [-0.2, -0.15) is 0 Å². The Hall–Kier alpha value is -0.650. The number of halogens is 1. The lowest BCUT2D eigenvalue weighted by molar-refractivity contribution is -0.0261. The van der Waals surface area contributed by atoms with E-state index in [2.05, 4.69) is 11.0 Å². The van der Waals surface area contributed by atoms with Gasteiger partial charge in [0, 0.05) is 24.2 Å². The zero-order chi connectivity index (χ0) is 16.1. The minimum atomic E-state index is -0.473. The van der Waals surface area contributed by atoms with Gasteiger partial charge in [0.15, 0.2) is 0 Å². The molecule has 2 aliphatic heterocycles. The molecule has 0 radical (unpaired) electrons. The molecule has 1 N–H and O–H groups in total. The van der Waals surface area contributed by atoms with E-state index in [0.717, 1.165) is 43.9 Å². The van der Waals surface area contributed by atoms with Crippen molar-refractivity contribution < 1.29 is 14.6 Å². The number of nitrogens with zero attached hydrogens (tertiary/aromatic N) is 1. The van der Waals surface area contributed by atoms with E-state index in [1.54, 1.807) is 0 Å². The number of aliphatic hydroxyl groups is 1. The second kappa shape index (κ2) is 8.45. The molecule has 128 valence electrons. The molecule has 3 rings (SSSR count). The normalized spacial score (nSPS) is 26.7. The molecule has 2 aliphatic rings. The molecule has 0 unspecified atom stereocenters. The number of ether oxygens (including phenoxy) is 2. The van der Waals surface area contributed by atoms with Crippen LogP contribution in [0.15, 0.2) is 24.3 Å². The fourth-order valence-corrected chi connectivity index (χ4v) is 3.84. The maximum atomic E-state index is 10.3. The van der Waals surface area contributed by atoms with Crippen LogP contribution in [0.3, 0.4) is 0 Å². The monoisotopic (exact) mass is 339 g/mol. The molecule has 3 atom stereocenters. The van der Waals surface area contributed by atoms with Crippen molar-refractivity contribution in [1.29, 1.82) is 0 Å². The van der Waals surface area contributed by atoms with Gasteiger partial charge in [0.1, 0.15) is 0 Å². The van der Waals surface area contributed by atoms with Crippen LogP contribution in [-0.4, -0.2) is 55.1 Å². The second-order valence-corrected chi connectivity index (χ2v) is 6.91. The fourth-order valence-electron chi connectivity index (χ4n) is 3.58. The van der Waals surface area contributed by atoms with Gasteiger partial charge in [0.2, 0.25) is 0 Å². The smallest absolute Gasteiger partial charge is 0.0900 e. The fraction of sp³-hybridized carbons (Fsp3) is 0.667. The minimum absolute atomic E-state index is 0.213. The second-order valence-electron chi connectivity index (χ2n) is 6.50. The highest BCUT2D eigenvalue weighted by Crippen LogP contribution is 2.35. The van der Waals surface area contributed by atoms with Crippen molar-refractivity contribution in [3.05, 3.63) is 34.9 Å². The number of likely N-dealkylation sites (tertiary alicyclic amines) is 1. The number of β-amino-alcohol motifs (C(OH)–C–C–N with tert-alkyl or cyclic N) is 1. The Balaban J connectivity index is 1.47. The maximum Gasteiger partial charge on any atom is 0.0900 e. The van der Waals surface area contributed by atoms with Crippen molar-refractivity contribution in [3.63, 3.8) is 0 Å². The molecule has 0 amide bonds. The summed E-state index contributed by atoms with van der Waals surface area (Å²) in [6.07, 6.45) is 4.15. The summed E-state index contributed by atoms with van der Waals surface area (Å²) in [5.41, 5.74) is 1.17. The summed E-state index contributed by atoms with van der Waals surface area (Å²) in [5, 5.41) is 11.1. The first-order valence-corrected chi connectivity index (χ1v) is 8.97. The van der Waals surface area contributed by atoms with Crippen molar-refractivity contribution >= 4 is 11.6 Å². The Labute approximate surface area is 143 Å². The van der Waals surface area contributed by atoms with Crippen LogP contribution in [0.5, 0.6) is 0 Å². The van der Waals surface area contributed by atoms with Crippen LogP contribution in [0.1, 0.15) is 37.3 Å². The quantitative estimate of drug-likeness (QED) is 0.829. The van der Waals surface area contributed by atoms with Gasteiger partial charge in [0.05, 0.1) is 25.4 Å². The van der Waals surface area contributed by atoms with E-state index >= 15 is 0 Å². The van der Waals surface area contributed by atoms with E-state index in [-0.39, 0.29) is 6.10 Å². The Morgan fingerprint density at radius 2 is 2.17 bits per heavy atom. The van der Waals surface area contributed by atoms with Crippen molar-refractivity contribution in [2.75, 3.05) is 32.9 Å². The molecule has 1 aromatic rings. The highest BCUT2D eigenvalue weighted by Gasteiger charge is 2.29. The van der Waals surface area contributed by atoms with Gasteiger partial charge in [-0.15, -0.1) is 0 Å². The topological polar surface area (TPSA) is 41.9 Å². The molecule has 2 saturated heterocycles. The van der Waals surface area contributed by atoms with Crippen molar-refractivity contribution in [1.82, 2.24) is 4.90 Å². The van der Waals surface area contributed by atoms with Gasteiger partial charge in [-0.1, -0.05) is 29.8 Å². The van der Waals surface area contributed by atoms with Crippen LogP contribution in [0.4, 0.5) is 0 Å². The number of aliphatic hydroxyl groups excluding tert-OH is 1. The Bertz CT molecular complexity index is 493. The lowest BCUT2D eigenvalue weighted by Crippen LogP contribution is -2.35. The number of benzene rings is 1. The van der Waals surface area contributed by atoms with Crippen molar-refractivity contribution in [2.24, 2.45) is 0 Å². The zero-order valence-electron chi connectivity index (χ0n) is 13.5. The van der Waals surface area contributed by atoms with E-state index in [4.69, 9.17) is 21.1 Å². The van der Waals surface area contributed by atoms with Crippen LogP contribution in [0, 0.1) is 0 Å². The number of hydrogen-bond donors (Lipinski definition) is 1. The van der Waals surface area contributed by atoms with Gasteiger partial charge < -0.3 is 14.6 Å². The Morgan fingerprint density at radius 1 is 1.30 bits per heavy atom. The zero-order valence-corrected chi connectivity index (χ0v) is 14.3.